The number of nitriles is 1. The molecular weight excluding hydrogens is 238 g/mol. The maximum atomic E-state index is 8.75. The van der Waals surface area contributed by atoms with Crippen LogP contribution >= 0.6 is 0 Å². The Hall–Kier alpha value is -2.19. The van der Waals surface area contributed by atoms with Gasteiger partial charge < -0.3 is 5.32 Å². The van der Waals surface area contributed by atoms with E-state index < -0.39 is 0 Å². The quantitative estimate of drug-likeness (QED) is 0.773. The molecule has 98 valence electrons. The molecule has 1 unspecified atom stereocenters. The van der Waals surface area contributed by atoms with Gasteiger partial charge in [0.15, 0.2) is 0 Å². The maximum Gasteiger partial charge on any atom is 0.137 e. The van der Waals surface area contributed by atoms with Gasteiger partial charge in [-0.1, -0.05) is 12.1 Å². The van der Waals surface area contributed by atoms with E-state index in [4.69, 9.17) is 5.26 Å². The summed E-state index contributed by atoms with van der Waals surface area (Å²) < 4.78 is 0. The number of benzene rings is 1. The van der Waals surface area contributed by atoms with Gasteiger partial charge in [0, 0.05) is 12.5 Å². The number of aromatic amines is 1. The molecule has 19 heavy (non-hydrogen) atoms. The summed E-state index contributed by atoms with van der Waals surface area (Å²) in [6.07, 6.45) is 3.44. The van der Waals surface area contributed by atoms with Crippen LogP contribution in [0.25, 0.3) is 0 Å². The summed E-state index contributed by atoms with van der Waals surface area (Å²) in [5, 5.41) is 18.9. The number of aromatic nitrogens is 3. The molecule has 0 fully saturated rings. The lowest BCUT2D eigenvalue weighted by Crippen LogP contribution is -2.20. The molecule has 0 saturated carbocycles. The van der Waals surface area contributed by atoms with Gasteiger partial charge in [-0.25, -0.2) is 4.98 Å². The molecule has 5 heteroatoms. The molecule has 1 heterocycles. The fraction of sp³-hybridized carbons (Fsp3) is 0.357. The van der Waals surface area contributed by atoms with Crippen LogP contribution in [0, 0.1) is 11.3 Å². The Kier molecular flexibility index (Phi) is 4.65. The molecule has 1 aromatic carbocycles. The van der Waals surface area contributed by atoms with E-state index >= 15 is 0 Å². The first-order valence-electron chi connectivity index (χ1n) is 6.37. The second kappa shape index (κ2) is 6.66. The van der Waals surface area contributed by atoms with Crippen LogP contribution in [0.5, 0.6) is 0 Å². The van der Waals surface area contributed by atoms with Gasteiger partial charge >= 0.3 is 0 Å². The number of rotatable bonds is 6. The van der Waals surface area contributed by atoms with Crippen LogP contribution in [0.1, 0.15) is 36.3 Å². The van der Waals surface area contributed by atoms with Gasteiger partial charge in [0.1, 0.15) is 12.2 Å². The van der Waals surface area contributed by atoms with E-state index in [1.807, 2.05) is 24.3 Å². The van der Waals surface area contributed by atoms with Crippen molar-refractivity contribution in [2.75, 3.05) is 6.54 Å². The van der Waals surface area contributed by atoms with Crippen molar-refractivity contribution in [2.24, 2.45) is 0 Å². The number of aryl methyl sites for hydroxylation is 1. The van der Waals surface area contributed by atoms with Crippen molar-refractivity contribution in [1.29, 1.82) is 5.26 Å². The van der Waals surface area contributed by atoms with Crippen molar-refractivity contribution < 1.29 is 0 Å². The summed E-state index contributed by atoms with van der Waals surface area (Å²) >= 11 is 0. The highest BCUT2D eigenvalue weighted by Crippen LogP contribution is 2.12. The largest absolute Gasteiger partial charge is 0.310 e. The van der Waals surface area contributed by atoms with Gasteiger partial charge in [0.25, 0.3) is 0 Å². The highest BCUT2D eigenvalue weighted by atomic mass is 15.2. The average molecular weight is 255 g/mol. The Bertz CT molecular complexity index is 524. The molecule has 5 nitrogen and oxygen atoms in total. The molecule has 0 saturated heterocycles. The van der Waals surface area contributed by atoms with E-state index in [0.717, 1.165) is 25.2 Å². The fourth-order valence-corrected chi connectivity index (χ4v) is 1.89. The standard InChI is InChI=1S/C14H17N5/c1-11(13-6-4-12(9-15)5-7-13)16-8-2-3-14-17-10-18-19-14/h4-7,10-11,16H,2-3,8H2,1H3,(H,17,18,19). The summed E-state index contributed by atoms with van der Waals surface area (Å²) in [4.78, 5) is 4.09. The van der Waals surface area contributed by atoms with Gasteiger partial charge in [-0.3, -0.25) is 5.10 Å². The zero-order chi connectivity index (χ0) is 13.5. The lowest BCUT2D eigenvalue weighted by Gasteiger charge is -2.13. The minimum absolute atomic E-state index is 0.280. The van der Waals surface area contributed by atoms with E-state index in [1.54, 1.807) is 0 Å². The number of H-pyrrole nitrogens is 1. The molecule has 0 aliphatic carbocycles. The number of hydrogen-bond donors (Lipinski definition) is 2. The molecular formula is C14H17N5. The fourth-order valence-electron chi connectivity index (χ4n) is 1.89. The molecule has 1 aromatic heterocycles. The first-order valence-corrected chi connectivity index (χ1v) is 6.37. The summed E-state index contributed by atoms with van der Waals surface area (Å²) in [6, 6.07) is 10.1. The van der Waals surface area contributed by atoms with Crippen LogP contribution < -0.4 is 5.32 Å². The average Bonchev–Trinajstić information content (AvgIpc) is 2.96. The summed E-state index contributed by atoms with van der Waals surface area (Å²) in [5.41, 5.74) is 1.89. The third-order valence-electron chi connectivity index (χ3n) is 3.05. The van der Waals surface area contributed by atoms with Crippen LogP contribution in [-0.2, 0) is 6.42 Å². The first kappa shape index (κ1) is 13.2. The third-order valence-corrected chi connectivity index (χ3v) is 3.05. The highest BCUT2D eigenvalue weighted by molar-refractivity contribution is 5.32. The minimum Gasteiger partial charge on any atom is -0.310 e. The topological polar surface area (TPSA) is 77.4 Å². The van der Waals surface area contributed by atoms with Crippen molar-refractivity contribution in [3.63, 3.8) is 0 Å². The molecule has 0 aliphatic heterocycles. The lowest BCUT2D eigenvalue weighted by molar-refractivity contribution is 0.554. The van der Waals surface area contributed by atoms with Gasteiger partial charge in [0.05, 0.1) is 11.6 Å². The van der Waals surface area contributed by atoms with E-state index in [2.05, 4.69) is 33.5 Å². The molecule has 0 radical (unpaired) electrons. The molecule has 0 aliphatic rings. The summed E-state index contributed by atoms with van der Waals surface area (Å²) in [7, 11) is 0. The molecule has 2 aromatic rings. The smallest absolute Gasteiger partial charge is 0.137 e. The number of hydrogen-bond acceptors (Lipinski definition) is 4. The van der Waals surface area contributed by atoms with Crippen LogP contribution in [-0.4, -0.2) is 21.7 Å². The summed E-state index contributed by atoms with van der Waals surface area (Å²) in [5.74, 6) is 0.924. The normalized spacial score (nSPS) is 12.0. The third kappa shape index (κ3) is 3.90. The zero-order valence-corrected chi connectivity index (χ0v) is 10.9. The lowest BCUT2D eigenvalue weighted by atomic mass is 10.1. The van der Waals surface area contributed by atoms with Gasteiger partial charge in [-0.15, -0.1) is 0 Å². The van der Waals surface area contributed by atoms with Crippen molar-refractivity contribution in [2.45, 2.75) is 25.8 Å². The van der Waals surface area contributed by atoms with E-state index in [0.29, 0.717) is 5.56 Å². The molecule has 2 N–H and O–H groups in total. The van der Waals surface area contributed by atoms with Crippen LogP contribution in [0.15, 0.2) is 30.6 Å². The van der Waals surface area contributed by atoms with Crippen molar-refractivity contribution >= 4 is 0 Å². The molecule has 0 bridgehead atoms. The van der Waals surface area contributed by atoms with Crippen LogP contribution in [0.3, 0.4) is 0 Å². The molecule has 2 rings (SSSR count). The Morgan fingerprint density at radius 2 is 2.16 bits per heavy atom. The second-order valence-corrected chi connectivity index (χ2v) is 4.45. The SMILES string of the molecule is CC(NCCCc1ncn[nH]1)c1ccc(C#N)cc1. The van der Waals surface area contributed by atoms with E-state index in [9.17, 15) is 0 Å². The zero-order valence-electron chi connectivity index (χ0n) is 10.9. The monoisotopic (exact) mass is 255 g/mol. The van der Waals surface area contributed by atoms with Crippen molar-refractivity contribution in [3.05, 3.63) is 47.5 Å². The van der Waals surface area contributed by atoms with E-state index in [1.165, 1.54) is 11.9 Å². The predicted molar refractivity (Wildman–Crippen MR) is 72.3 cm³/mol. The van der Waals surface area contributed by atoms with Crippen LogP contribution in [0.4, 0.5) is 0 Å². The second-order valence-electron chi connectivity index (χ2n) is 4.45. The van der Waals surface area contributed by atoms with Gasteiger partial charge in [0.2, 0.25) is 0 Å². The maximum absolute atomic E-state index is 8.75. The first-order chi connectivity index (χ1) is 9.29. The van der Waals surface area contributed by atoms with Crippen molar-refractivity contribution in [3.8, 4) is 6.07 Å². The van der Waals surface area contributed by atoms with Crippen molar-refractivity contribution in [1.82, 2.24) is 20.5 Å². The minimum atomic E-state index is 0.280. The molecule has 0 amide bonds. The van der Waals surface area contributed by atoms with Gasteiger partial charge in [-0.05, 0) is 37.6 Å². The number of nitrogens with zero attached hydrogens (tertiary/aromatic N) is 3. The Labute approximate surface area is 112 Å². The summed E-state index contributed by atoms with van der Waals surface area (Å²) in [6.45, 7) is 3.04. The molecule has 1 atom stereocenters. The Morgan fingerprint density at radius 1 is 1.37 bits per heavy atom. The van der Waals surface area contributed by atoms with Gasteiger partial charge in [-0.2, -0.15) is 10.4 Å². The molecule has 0 spiro atoms. The Balaban J connectivity index is 1.74. The van der Waals surface area contributed by atoms with Crippen LogP contribution in [0.2, 0.25) is 0 Å². The predicted octanol–water partition coefficient (Wildman–Crippen LogP) is 1.96. The highest BCUT2D eigenvalue weighted by Gasteiger charge is 2.04. The Morgan fingerprint density at radius 3 is 2.79 bits per heavy atom. The van der Waals surface area contributed by atoms with E-state index in [-0.39, 0.29) is 6.04 Å². The number of nitrogens with one attached hydrogen (secondary N) is 2.